The SMILES string of the molecule is OC1(COCc2ccccc2)CCCO1. The monoisotopic (exact) mass is 208 g/mol. The van der Waals surface area contributed by atoms with Crippen LogP contribution >= 0.6 is 0 Å². The maximum atomic E-state index is 9.82. The van der Waals surface area contributed by atoms with Gasteiger partial charge >= 0.3 is 0 Å². The molecule has 0 bridgehead atoms. The smallest absolute Gasteiger partial charge is 0.189 e. The molecule has 3 nitrogen and oxygen atoms in total. The maximum absolute atomic E-state index is 9.82. The Kier molecular flexibility index (Phi) is 3.36. The molecule has 2 rings (SSSR count). The van der Waals surface area contributed by atoms with E-state index in [4.69, 9.17) is 9.47 Å². The standard InChI is InChI=1S/C12H16O3/c13-12(7-4-8-15-12)10-14-9-11-5-2-1-3-6-11/h1-3,5-6,13H,4,7-10H2. The van der Waals surface area contributed by atoms with Crippen LogP contribution in [0.2, 0.25) is 0 Å². The van der Waals surface area contributed by atoms with Crippen molar-refractivity contribution in [2.45, 2.75) is 25.2 Å². The summed E-state index contributed by atoms with van der Waals surface area (Å²) in [5.41, 5.74) is 1.11. The lowest BCUT2D eigenvalue weighted by Crippen LogP contribution is -2.33. The first kappa shape index (κ1) is 10.6. The van der Waals surface area contributed by atoms with E-state index in [2.05, 4.69) is 0 Å². The molecule has 1 fully saturated rings. The van der Waals surface area contributed by atoms with Crippen molar-refractivity contribution in [1.82, 2.24) is 0 Å². The quantitative estimate of drug-likeness (QED) is 0.818. The average Bonchev–Trinajstić information content (AvgIpc) is 2.67. The van der Waals surface area contributed by atoms with Gasteiger partial charge in [0.15, 0.2) is 5.79 Å². The highest BCUT2D eigenvalue weighted by atomic mass is 16.7. The van der Waals surface area contributed by atoms with Gasteiger partial charge in [0.25, 0.3) is 0 Å². The van der Waals surface area contributed by atoms with Crippen molar-refractivity contribution in [2.24, 2.45) is 0 Å². The van der Waals surface area contributed by atoms with Gasteiger partial charge in [-0.3, -0.25) is 0 Å². The predicted octanol–water partition coefficient (Wildman–Crippen LogP) is 1.70. The first-order valence-electron chi connectivity index (χ1n) is 5.27. The van der Waals surface area contributed by atoms with E-state index in [0.29, 0.717) is 19.6 Å². The number of benzene rings is 1. The summed E-state index contributed by atoms with van der Waals surface area (Å²) in [5.74, 6) is -1.05. The highest BCUT2D eigenvalue weighted by molar-refractivity contribution is 5.13. The molecule has 1 aromatic carbocycles. The number of hydrogen-bond acceptors (Lipinski definition) is 3. The van der Waals surface area contributed by atoms with Crippen LogP contribution in [0.4, 0.5) is 0 Å². The van der Waals surface area contributed by atoms with E-state index < -0.39 is 5.79 Å². The predicted molar refractivity (Wildman–Crippen MR) is 56.2 cm³/mol. The van der Waals surface area contributed by atoms with Crippen molar-refractivity contribution >= 4 is 0 Å². The summed E-state index contributed by atoms with van der Waals surface area (Å²) in [6.07, 6.45) is 1.58. The minimum absolute atomic E-state index is 0.252. The molecule has 3 heteroatoms. The Labute approximate surface area is 89.6 Å². The fourth-order valence-electron chi connectivity index (χ4n) is 1.70. The molecule has 15 heavy (non-hydrogen) atoms. The zero-order valence-electron chi connectivity index (χ0n) is 8.69. The van der Waals surface area contributed by atoms with Gasteiger partial charge in [0, 0.05) is 6.42 Å². The van der Waals surface area contributed by atoms with Crippen LogP contribution in [0.1, 0.15) is 18.4 Å². The van der Waals surface area contributed by atoms with E-state index in [0.717, 1.165) is 12.0 Å². The second-order valence-corrected chi connectivity index (χ2v) is 3.88. The Morgan fingerprint density at radius 1 is 1.33 bits per heavy atom. The lowest BCUT2D eigenvalue weighted by atomic mass is 10.2. The van der Waals surface area contributed by atoms with Gasteiger partial charge in [-0.1, -0.05) is 30.3 Å². The summed E-state index contributed by atoms with van der Waals surface area (Å²) in [4.78, 5) is 0. The second kappa shape index (κ2) is 4.75. The molecule has 0 radical (unpaired) electrons. The molecular formula is C12H16O3. The zero-order chi connectivity index (χ0) is 10.6. The van der Waals surface area contributed by atoms with Crippen LogP contribution < -0.4 is 0 Å². The number of hydrogen-bond donors (Lipinski definition) is 1. The second-order valence-electron chi connectivity index (χ2n) is 3.88. The highest BCUT2D eigenvalue weighted by Crippen LogP contribution is 2.22. The lowest BCUT2D eigenvalue weighted by molar-refractivity contribution is -0.206. The topological polar surface area (TPSA) is 38.7 Å². The summed E-state index contributed by atoms with van der Waals surface area (Å²) in [6, 6.07) is 9.91. The number of ether oxygens (including phenoxy) is 2. The summed E-state index contributed by atoms with van der Waals surface area (Å²) >= 11 is 0. The summed E-state index contributed by atoms with van der Waals surface area (Å²) in [7, 11) is 0. The molecular weight excluding hydrogens is 192 g/mol. The third kappa shape index (κ3) is 3.02. The molecule has 1 atom stereocenters. The molecule has 1 unspecified atom stereocenters. The molecule has 0 saturated carbocycles. The fraction of sp³-hybridized carbons (Fsp3) is 0.500. The van der Waals surface area contributed by atoms with Crippen LogP contribution in [0.3, 0.4) is 0 Å². The number of rotatable bonds is 4. The molecule has 0 amide bonds. The van der Waals surface area contributed by atoms with E-state index in [1.807, 2.05) is 30.3 Å². The minimum Gasteiger partial charge on any atom is -0.371 e. The largest absolute Gasteiger partial charge is 0.371 e. The van der Waals surface area contributed by atoms with Crippen LogP contribution in [0.15, 0.2) is 30.3 Å². The third-order valence-electron chi connectivity index (χ3n) is 2.52. The molecule has 82 valence electrons. The van der Waals surface area contributed by atoms with E-state index in [1.165, 1.54) is 0 Å². The third-order valence-corrected chi connectivity index (χ3v) is 2.52. The number of aliphatic hydroxyl groups is 1. The van der Waals surface area contributed by atoms with Crippen molar-refractivity contribution in [2.75, 3.05) is 13.2 Å². The minimum atomic E-state index is -1.05. The first-order chi connectivity index (χ1) is 7.29. The van der Waals surface area contributed by atoms with Gasteiger partial charge < -0.3 is 14.6 Å². The Bertz CT molecular complexity index is 291. The van der Waals surface area contributed by atoms with Gasteiger partial charge in [0.1, 0.15) is 6.61 Å². The molecule has 0 aromatic heterocycles. The molecule has 0 spiro atoms. The van der Waals surface area contributed by atoms with E-state index in [1.54, 1.807) is 0 Å². The molecule has 1 heterocycles. The Hall–Kier alpha value is -0.900. The highest BCUT2D eigenvalue weighted by Gasteiger charge is 2.32. The van der Waals surface area contributed by atoms with Crippen molar-refractivity contribution in [3.05, 3.63) is 35.9 Å². The fourth-order valence-corrected chi connectivity index (χ4v) is 1.70. The molecule has 1 aromatic rings. The molecule has 1 saturated heterocycles. The normalized spacial score (nSPS) is 25.7. The van der Waals surface area contributed by atoms with E-state index in [-0.39, 0.29) is 6.61 Å². The Balaban J connectivity index is 1.75. The lowest BCUT2D eigenvalue weighted by Gasteiger charge is -2.21. The summed E-state index contributed by atoms with van der Waals surface area (Å²) < 4.78 is 10.6. The average molecular weight is 208 g/mol. The summed E-state index contributed by atoms with van der Waals surface area (Å²) in [5, 5.41) is 9.82. The van der Waals surface area contributed by atoms with Crippen LogP contribution in [0, 0.1) is 0 Å². The zero-order valence-corrected chi connectivity index (χ0v) is 8.69. The van der Waals surface area contributed by atoms with E-state index in [9.17, 15) is 5.11 Å². The van der Waals surface area contributed by atoms with Crippen LogP contribution in [-0.2, 0) is 16.1 Å². The van der Waals surface area contributed by atoms with Crippen LogP contribution in [-0.4, -0.2) is 24.1 Å². The van der Waals surface area contributed by atoms with Gasteiger partial charge in [0.05, 0.1) is 13.2 Å². The van der Waals surface area contributed by atoms with Gasteiger partial charge in [-0.25, -0.2) is 0 Å². The molecule has 1 N–H and O–H groups in total. The Morgan fingerprint density at radius 2 is 2.13 bits per heavy atom. The molecule has 1 aliphatic rings. The van der Waals surface area contributed by atoms with Crippen LogP contribution in [0.5, 0.6) is 0 Å². The maximum Gasteiger partial charge on any atom is 0.189 e. The van der Waals surface area contributed by atoms with Gasteiger partial charge in [0.2, 0.25) is 0 Å². The van der Waals surface area contributed by atoms with Crippen molar-refractivity contribution in [3.63, 3.8) is 0 Å². The van der Waals surface area contributed by atoms with Crippen molar-refractivity contribution in [3.8, 4) is 0 Å². The van der Waals surface area contributed by atoms with Gasteiger partial charge in [-0.15, -0.1) is 0 Å². The molecule has 1 aliphatic heterocycles. The summed E-state index contributed by atoms with van der Waals surface area (Å²) in [6.45, 7) is 1.40. The Morgan fingerprint density at radius 3 is 2.80 bits per heavy atom. The van der Waals surface area contributed by atoms with Crippen molar-refractivity contribution < 1.29 is 14.6 Å². The first-order valence-corrected chi connectivity index (χ1v) is 5.27. The van der Waals surface area contributed by atoms with Crippen molar-refractivity contribution in [1.29, 1.82) is 0 Å². The van der Waals surface area contributed by atoms with Gasteiger partial charge in [-0.2, -0.15) is 0 Å². The van der Waals surface area contributed by atoms with Gasteiger partial charge in [-0.05, 0) is 12.0 Å². The van der Waals surface area contributed by atoms with Crippen LogP contribution in [0.25, 0.3) is 0 Å². The molecule has 0 aliphatic carbocycles. The van der Waals surface area contributed by atoms with E-state index >= 15 is 0 Å².